The minimum atomic E-state index is 0.469. The van der Waals surface area contributed by atoms with Crippen molar-refractivity contribution in [2.24, 2.45) is 0 Å². The van der Waals surface area contributed by atoms with E-state index >= 15 is 0 Å². The summed E-state index contributed by atoms with van der Waals surface area (Å²) in [4.78, 5) is 3.94. The predicted molar refractivity (Wildman–Crippen MR) is 63.5 cm³/mol. The SMILES string of the molecule is Cc1nn(-c2ccnc(Cl)c2)c(C)c1Br. The molecule has 0 N–H and O–H groups in total. The van der Waals surface area contributed by atoms with E-state index in [9.17, 15) is 0 Å². The van der Waals surface area contributed by atoms with Crippen molar-refractivity contribution in [3.8, 4) is 5.69 Å². The van der Waals surface area contributed by atoms with Gasteiger partial charge in [-0.15, -0.1) is 0 Å². The van der Waals surface area contributed by atoms with Crippen LogP contribution in [0.25, 0.3) is 5.69 Å². The molecule has 0 spiro atoms. The van der Waals surface area contributed by atoms with Gasteiger partial charge in [0.25, 0.3) is 0 Å². The zero-order chi connectivity index (χ0) is 11.0. The van der Waals surface area contributed by atoms with E-state index in [2.05, 4.69) is 26.0 Å². The second kappa shape index (κ2) is 3.94. The number of hydrogen-bond acceptors (Lipinski definition) is 2. The maximum Gasteiger partial charge on any atom is 0.131 e. The Bertz CT molecular complexity index is 507. The van der Waals surface area contributed by atoms with E-state index in [1.165, 1.54) is 0 Å². The number of pyridine rings is 1. The Labute approximate surface area is 101 Å². The number of aryl methyl sites for hydroxylation is 1. The zero-order valence-corrected chi connectivity index (χ0v) is 10.7. The zero-order valence-electron chi connectivity index (χ0n) is 8.33. The van der Waals surface area contributed by atoms with Gasteiger partial charge in [-0.05, 0) is 35.8 Å². The lowest BCUT2D eigenvalue weighted by Crippen LogP contribution is -1.99. The fourth-order valence-corrected chi connectivity index (χ4v) is 1.81. The summed E-state index contributed by atoms with van der Waals surface area (Å²) in [6, 6.07) is 3.66. The molecule has 0 aliphatic carbocycles. The summed E-state index contributed by atoms with van der Waals surface area (Å²) < 4.78 is 2.86. The monoisotopic (exact) mass is 285 g/mol. The number of rotatable bonds is 1. The van der Waals surface area contributed by atoms with Crippen molar-refractivity contribution in [1.29, 1.82) is 0 Å². The lowest BCUT2D eigenvalue weighted by molar-refractivity contribution is 0.831. The van der Waals surface area contributed by atoms with Gasteiger partial charge in [0.1, 0.15) is 5.15 Å². The summed E-state index contributed by atoms with van der Waals surface area (Å²) >= 11 is 9.31. The Balaban J connectivity index is 2.59. The van der Waals surface area contributed by atoms with Gasteiger partial charge >= 0.3 is 0 Å². The van der Waals surface area contributed by atoms with Gasteiger partial charge in [-0.2, -0.15) is 5.10 Å². The largest absolute Gasteiger partial charge is 0.244 e. The first kappa shape index (κ1) is 10.6. The molecule has 0 aliphatic rings. The normalized spacial score (nSPS) is 10.7. The lowest BCUT2D eigenvalue weighted by Gasteiger charge is -2.03. The first-order valence-electron chi connectivity index (χ1n) is 4.43. The molecule has 78 valence electrons. The van der Waals surface area contributed by atoms with Crippen LogP contribution in [0.3, 0.4) is 0 Å². The molecule has 0 unspecified atom stereocenters. The third kappa shape index (κ3) is 1.92. The molecule has 0 atom stereocenters. The molecule has 2 aromatic rings. The van der Waals surface area contributed by atoms with Crippen molar-refractivity contribution < 1.29 is 0 Å². The third-order valence-corrected chi connectivity index (χ3v) is 3.51. The highest BCUT2D eigenvalue weighted by molar-refractivity contribution is 9.10. The van der Waals surface area contributed by atoms with Crippen molar-refractivity contribution in [2.75, 3.05) is 0 Å². The fourth-order valence-electron chi connectivity index (χ4n) is 1.40. The van der Waals surface area contributed by atoms with E-state index in [1.54, 1.807) is 12.3 Å². The number of halogens is 2. The van der Waals surface area contributed by atoms with Crippen LogP contribution in [0.15, 0.2) is 22.8 Å². The Morgan fingerprint density at radius 3 is 2.67 bits per heavy atom. The van der Waals surface area contributed by atoms with Gasteiger partial charge < -0.3 is 0 Å². The molecule has 0 aliphatic heterocycles. The molecular weight excluding hydrogens is 277 g/mol. The van der Waals surface area contributed by atoms with Gasteiger partial charge in [0, 0.05) is 12.3 Å². The van der Waals surface area contributed by atoms with E-state index in [4.69, 9.17) is 11.6 Å². The summed E-state index contributed by atoms with van der Waals surface area (Å²) in [6.45, 7) is 3.95. The second-order valence-corrected chi connectivity index (χ2v) is 4.41. The molecule has 2 aromatic heterocycles. The van der Waals surface area contributed by atoms with E-state index in [1.807, 2.05) is 24.6 Å². The fraction of sp³-hybridized carbons (Fsp3) is 0.200. The van der Waals surface area contributed by atoms with Crippen LogP contribution < -0.4 is 0 Å². The van der Waals surface area contributed by atoms with Crippen molar-refractivity contribution in [2.45, 2.75) is 13.8 Å². The Morgan fingerprint density at radius 2 is 2.13 bits per heavy atom. The Hall–Kier alpha value is -0.870. The third-order valence-electron chi connectivity index (χ3n) is 2.16. The first-order valence-corrected chi connectivity index (χ1v) is 5.60. The first-order chi connectivity index (χ1) is 7.09. The summed E-state index contributed by atoms with van der Waals surface area (Å²) in [5.74, 6) is 0. The summed E-state index contributed by atoms with van der Waals surface area (Å²) in [7, 11) is 0. The summed E-state index contributed by atoms with van der Waals surface area (Å²) in [5.41, 5.74) is 2.93. The van der Waals surface area contributed by atoms with Crippen molar-refractivity contribution >= 4 is 27.5 Å². The molecule has 0 bridgehead atoms. The molecule has 5 heteroatoms. The lowest BCUT2D eigenvalue weighted by atomic mass is 10.3. The quantitative estimate of drug-likeness (QED) is 0.753. The Morgan fingerprint density at radius 1 is 1.40 bits per heavy atom. The van der Waals surface area contributed by atoms with Crippen LogP contribution in [0, 0.1) is 13.8 Å². The van der Waals surface area contributed by atoms with Gasteiger partial charge in [0.15, 0.2) is 0 Å². The molecule has 2 rings (SSSR count). The van der Waals surface area contributed by atoms with E-state index < -0.39 is 0 Å². The van der Waals surface area contributed by atoms with Crippen LogP contribution in [0.5, 0.6) is 0 Å². The van der Waals surface area contributed by atoms with Crippen LogP contribution in [0.1, 0.15) is 11.4 Å². The van der Waals surface area contributed by atoms with Crippen molar-refractivity contribution in [3.63, 3.8) is 0 Å². The maximum absolute atomic E-state index is 5.83. The van der Waals surface area contributed by atoms with Crippen LogP contribution in [0.4, 0.5) is 0 Å². The molecule has 0 saturated carbocycles. The highest BCUT2D eigenvalue weighted by Gasteiger charge is 2.10. The predicted octanol–water partition coefficient (Wildman–Crippen LogP) is 3.30. The molecule has 0 fully saturated rings. The number of hydrogen-bond donors (Lipinski definition) is 0. The minimum Gasteiger partial charge on any atom is -0.244 e. The molecule has 0 radical (unpaired) electrons. The average molecular weight is 287 g/mol. The summed E-state index contributed by atoms with van der Waals surface area (Å²) in [5, 5.41) is 4.87. The van der Waals surface area contributed by atoms with Gasteiger partial charge in [-0.1, -0.05) is 11.6 Å². The van der Waals surface area contributed by atoms with Gasteiger partial charge in [-0.25, -0.2) is 9.67 Å². The van der Waals surface area contributed by atoms with E-state index in [-0.39, 0.29) is 0 Å². The van der Waals surface area contributed by atoms with Crippen LogP contribution in [-0.2, 0) is 0 Å². The number of aromatic nitrogens is 3. The van der Waals surface area contributed by atoms with Crippen molar-refractivity contribution in [3.05, 3.63) is 39.3 Å². The molecule has 0 aromatic carbocycles. The van der Waals surface area contributed by atoms with E-state index in [0.717, 1.165) is 21.5 Å². The highest BCUT2D eigenvalue weighted by atomic mass is 79.9. The van der Waals surface area contributed by atoms with E-state index in [0.29, 0.717) is 5.15 Å². The molecule has 0 saturated heterocycles. The smallest absolute Gasteiger partial charge is 0.131 e. The average Bonchev–Trinajstić information content (AvgIpc) is 2.46. The topological polar surface area (TPSA) is 30.7 Å². The van der Waals surface area contributed by atoms with Crippen LogP contribution in [0.2, 0.25) is 5.15 Å². The minimum absolute atomic E-state index is 0.469. The van der Waals surface area contributed by atoms with Crippen LogP contribution in [-0.4, -0.2) is 14.8 Å². The number of nitrogens with zero attached hydrogens (tertiary/aromatic N) is 3. The second-order valence-electron chi connectivity index (χ2n) is 3.23. The molecule has 15 heavy (non-hydrogen) atoms. The van der Waals surface area contributed by atoms with Crippen molar-refractivity contribution in [1.82, 2.24) is 14.8 Å². The molecule has 2 heterocycles. The molecule has 3 nitrogen and oxygen atoms in total. The summed E-state index contributed by atoms with van der Waals surface area (Å²) in [6.07, 6.45) is 1.67. The van der Waals surface area contributed by atoms with Crippen LogP contribution >= 0.6 is 27.5 Å². The molecule has 0 amide bonds. The standard InChI is InChI=1S/C10H9BrClN3/c1-6-10(11)7(2)15(14-6)8-3-4-13-9(12)5-8/h3-5H,1-2H3. The highest BCUT2D eigenvalue weighted by Crippen LogP contribution is 2.23. The van der Waals surface area contributed by atoms with Gasteiger partial charge in [0.2, 0.25) is 0 Å². The van der Waals surface area contributed by atoms with Gasteiger partial charge in [-0.3, -0.25) is 0 Å². The Kier molecular flexibility index (Phi) is 2.80. The van der Waals surface area contributed by atoms with Gasteiger partial charge in [0.05, 0.1) is 21.5 Å². The maximum atomic E-state index is 5.83. The molecular formula is C10H9BrClN3.